The summed E-state index contributed by atoms with van der Waals surface area (Å²) in [5.41, 5.74) is -0.0225. The molecule has 0 saturated carbocycles. The lowest BCUT2D eigenvalue weighted by Gasteiger charge is -2.17. The summed E-state index contributed by atoms with van der Waals surface area (Å²) in [5.74, 6) is 0.119. The minimum atomic E-state index is -0.562. The highest BCUT2D eigenvalue weighted by molar-refractivity contribution is 6.33. The Morgan fingerprint density at radius 3 is 2.94 bits per heavy atom. The second kappa shape index (κ2) is 5.89. The first-order chi connectivity index (χ1) is 8.63. The minimum Gasteiger partial charge on any atom is -0.338 e. The molecule has 1 aromatic carbocycles. The minimum absolute atomic E-state index is 0.0225. The molecule has 5 heteroatoms. The molecule has 0 radical (unpaired) electrons. The number of carbonyl (C=O) groups is 1. The van der Waals surface area contributed by atoms with Crippen molar-refractivity contribution in [3.05, 3.63) is 34.6 Å². The highest BCUT2D eigenvalue weighted by Crippen LogP contribution is 2.26. The zero-order chi connectivity index (χ0) is 13.1. The number of nitrogens with zero attached hydrogens (tertiary/aromatic N) is 1. The number of benzene rings is 1. The van der Waals surface area contributed by atoms with Crippen LogP contribution in [0.5, 0.6) is 0 Å². The molecule has 1 atom stereocenters. The van der Waals surface area contributed by atoms with Gasteiger partial charge >= 0.3 is 0 Å². The third-order valence-corrected chi connectivity index (χ3v) is 3.80. The SMILES string of the molecule is O=C(c1c(F)cccc1Cl)N1CCC(CCCl)C1. The lowest BCUT2D eigenvalue weighted by atomic mass is 10.1. The average molecular weight is 290 g/mol. The maximum absolute atomic E-state index is 13.6. The van der Waals surface area contributed by atoms with Gasteiger partial charge in [0.2, 0.25) is 0 Å². The molecule has 1 unspecified atom stereocenters. The van der Waals surface area contributed by atoms with Gasteiger partial charge < -0.3 is 4.90 Å². The summed E-state index contributed by atoms with van der Waals surface area (Å²) in [5, 5.41) is 0.167. The second-order valence-corrected chi connectivity index (χ2v) is 5.27. The fourth-order valence-electron chi connectivity index (χ4n) is 2.27. The summed E-state index contributed by atoms with van der Waals surface area (Å²) in [7, 11) is 0. The van der Waals surface area contributed by atoms with Crippen LogP contribution in [0, 0.1) is 11.7 Å². The van der Waals surface area contributed by atoms with E-state index in [4.69, 9.17) is 23.2 Å². The molecule has 1 amide bonds. The smallest absolute Gasteiger partial charge is 0.258 e. The first-order valence-electron chi connectivity index (χ1n) is 5.92. The molecule has 98 valence electrons. The number of hydrogen-bond acceptors (Lipinski definition) is 1. The third kappa shape index (κ3) is 2.78. The summed E-state index contributed by atoms with van der Waals surface area (Å²) >= 11 is 11.6. The summed E-state index contributed by atoms with van der Waals surface area (Å²) in [6, 6.07) is 4.28. The van der Waals surface area contributed by atoms with Crippen LogP contribution < -0.4 is 0 Å². The summed E-state index contributed by atoms with van der Waals surface area (Å²) in [4.78, 5) is 13.9. The van der Waals surface area contributed by atoms with Gasteiger partial charge in [0.05, 0.1) is 10.6 Å². The molecule has 0 bridgehead atoms. The Morgan fingerprint density at radius 2 is 2.28 bits per heavy atom. The highest BCUT2D eigenvalue weighted by atomic mass is 35.5. The predicted molar refractivity (Wildman–Crippen MR) is 70.8 cm³/mol. The molecule has 1 aromatic rings. The zero-order valence-electron chi connectivity index (χ0n) is 9.83. The van der Waals surface area contributed by atoms with Crippen molar-refractivity contribution in [2.24, 2.45) is 5.92 Å². The van der Waals surface area contributed by atoms with E-state index in [-0.39, 0.29) is 16.5 Å². The van der Waals surface area contributed by atoms with Crippen molar-refractivity contribution in [1.29, 1.82) is 0 Å². The number of halogens is 3. The number of amides is 1. The Balaban J connectivity index is 2.13. The van der Waals surface area contributed by atoms with Crippen molar-refractivity contribution in [2.45, 2.75) is 12.8 Å². The van der Waals surface area contributed by atoms with Gasteiger partial charge in [-0.25, -0.2) is 4.39 Å². The average Bonchev–Trinajstić information content (AvgIpc) is 2.78. The summed E-state index contributed by atoms with van der Waals surface area (Å²) in [6.45, 7) is 1.28. The van der Waals surface area contributed by atoms with Crippen LogP contribution >= 0.6 is 23.2 Å². The van der Waals surface area contributed by atoms with E-state index in [0.29, 0.717) is 24.9 Å². The van der Waals surface area contributed by atoms with Crippen molar-refractivity contribution >= 4 is 29.1 Å². The maximum Gasteiger partial charge on any atom is 0.258 e. The summed E-state index contributed by atoms with van der Waals surface area (Å²) in [6.07, 6.45) is 1.81. The second-order valence-electron chi connectivity index (χ2n) is 4.48. The molecular formula is C13H14Cl2FNO. The molecule has 0 N–H and O–H groups in total. The standard InChI is InChI=1S/C13H14Cl2FNO/c14-6-4-9-5-7-17(8-9)13(18)12-10(15)2-1-3-11(12)16/h1-3,9H,4-8H2. The van der Waals surface area contributed by atoms with Crippen molar-refractivity contribution in [2.75, 3.05) is 19.0 Å². The quantitative estimate of drug-likeness (QED) is 0.779. The van der Waals surface area contributed by atoms with E-state index >= 15 is 0 Å². The number of carbonyl (C=O) groups excluding carboxylic acids is 1. The van der Waals surface area contributed by atoms with Crippen LogP contribution in [-0.2, 0) is 0 Å². The van der Waals surface area contributed by atoms with E-state index in [0.717, 1.165) is 12.8 Å². The van der Waals surface area contributed by atoms with Gasteiger partial charge in [-0.1, -0.05) is 17.7 Å². The summed E-state index contributed by atoms with van der Waals surface area (Å²) < 4.78 is 13.6. The first kappa shape index (κ1) is 13.6. The third-order valence-electron chi connectivity index (χ3n) is 3.27. The fraction of sp³-hybridized carbons (Fsp3) is 0.462. The molecule has 0 spiro atoms. The largest absolute Gasteiger partial charge is 0.338 e. The number of likely N-dealkylation sites (tertiary alicyclic amines) is 1. The molecule has 1 aliphatic rings. The zero-order valence-corrected chi connectivity index (χ0v) is 11.3. The monoisotopic (exact) mass is 289 g/mol. The molecule has 2 nitrogen and oxygen atoms in total. The van der Waals surface area contributed by atoms with Gasteiger partial charge in [-0.2, -0.15) is 0 Å². The van der Waals surface area contributed by atoms with Gasteiger partial charge in [-0.05, 0) is 30.9 Å². The van der Waals surface area contributed by atoms with Crippen LogP contribution in [0.1, 0.15) is 23.2 Å². The number of hydrogen-bond donors (Lipinski definition) is 0. The van der Waals surface area contributed by atoms with E-state index in [2.05, 4.69) is 0 Å². The highest BCUT2D eigenvalue weighted by Gasteiger charge is 2.29. The Hall–Kier alpha value is -0.800. The van der Waals surface area contributed by atoms with E-state index in [1.165, 1.54) is 18.2 Å². The lowest BCUT2D eigenvalue weighted by molar-refractivity contribution is 0.0782. The van der Waals surface area contributed by atoms with Crippen LogP contribution in [0.25, 0.3) is 0 Å². The van der Waals surface area contributed by atoms with Gasteiger partial charge in [0.15, 0.2) is 0 Å². The van der Waals surface area contributed by atoms with E-state index in [1.54, 1.807) is 4.90 Å². The van der Waals surface area contributed by atoms with Crippen molar-refractivity contribution in [3.8, 4) is 0 Å². The van der Waals surface area contributed by atoms with Crippen LogP contribution in [0.4, 0.5) is 4.39 Å². The Bertz CT molecular complexity index is 432. The predicted octanol–water partition coefficient (Wildman–Crippen LogP) is 3.57. The molecule has 1 heterocycles. The number of alkyl halides is 1. The number of rotatable bonds is 3. The van der Waals surface area contributed by atoms with Crippen molar-refractivity contribution in [1.82, 2.24) is 4.90 Å². The molecule has 2 rings (SSSR count). The van der Waals surface area contributed by atoms with E-state index in [9.17, 15) is 9.18 Å². The molecule has 1 aliphatic heterocycles. The van der Waals surface area contributed by atoms with Crippen LogP contribution in [0.15, 0.2) is 18.2 Å². The van der Waals surface area contributed by atoms with Crippen LogP contribution in [0.2, 0.25) is 5.02 Å². The van der Waals surface area contributed by atoms with Gasteiger partial charge in [0.1, 0.15) is 5.82 Å². The van der Waals surface area contributed by atoms with Gasteiger partial charge in [-0.3, -0.25) is 4.79 Å². The Labute approximate surface area is 116 Å². The van der Waals surface area contributed by atoms with Gasteiger partial charge in [0, 0.05) is 19.0 Å². The molecule has 0 aliphatic carbocycles. The fourth-order valence-corrected chi connectivity index (χ4v) is 2.82. The van der Waals surface area contributed by atoms with Gasteiger partial charge in [0.25, 0.3) is 5.91 Å². The molecule has 1 fully saturated rings. The molecule has 18 heavy (non-hydrogen) atoms. The first-order valence-corrected chi connectivity index (χ1v) is 6.84. The normalized spacial score (nSPS) is 19.3. The Morgan fingerprint density at radius 1 is 1.50 bits per heavy atom. The maximum atomic E-state index is 13.6. The Kier molecular flexibility index (Phi) is 4.46. The van der Waals surface area contributed by atoms with Crippen LogP contribution in [0.3, 0.4) is 0 Å². The molecular weight excluding hydrogens is 276 g/mol. The van der Waals surface area contributed by atoms with E-state index in [1.807, 2.05) is 0 Å². The van der Waals surface area contributed by atoms with E-state index < -0.39 is 5.82 Å². The molecule has 1 saturated heterocycles. The van der Waals surface area contributed by atoms with Crippen molar-refractivity contribution in [3.63, 3.8) is 0 Å². The lowest BCUT2D eigenvalue weighted by Crippen LogP contribution is -2.29. The van der Waals surface area contributed by atoms with Gasteiger partial charge in [-0.15, -0.1) is 11.6 Å². The van der Waals surface area contributed by atoms with Crippen molar-refractivity contribution < 1.29 is 9.18 Å². The van der Waals surface area contributed by atoms with Crippen LogP contribution in [-0.4, -0.2) is 29.8 Å². The molecule has 0 aromatic heterocycles. The topological polar surface area (TPSA) is 20.3 Å².